The van der Waals surface area contributed by atoms with Crippen LogP contribution in [0.5, 0.6) is 5.75 Å². The maximum absolute atomic E-state index is 6.54. The first-order chi connectivity index (χ1) is 14.2. The Bertz CT molecular complexity index is 1160. The Balaban J connectivity index is 1.59. The Kier molecular flexibility index (Phi) is 4.55. The zero-order chi connectivity index (χ0) is 19.8. The molecule has 0 bridgehead atoms. The van der Waals surface area contributed by atoms with Gasteiger partial charge in [0.15, 0.2) is 5.71 Å². The van der Waals surface area contributed by atoms with Gasteiger partial charge in [-0.15, -0.1) is 0 Å². The van der Waals surface area contributed by atoms with E-state index in [0.29, 0.717) is 0 Å². The van der Waals surface area contributed by atoms with E-state index in [1.807, 2.05) is 0 Å². The minimum atomic E-state index is 0.971. The summed E-state index contributed by atoms with van der Waals surface area (Å²) in [6.45, 7) is 0. The lowest BCUT2D eigenvalue weighted by molar-refractivity contribution is -0.462. The average molecular weight is 381 g/mol. The minimum absolute atomic E-state index is 0.971. The molecule has 29 heavy (non-hydrogen) atoms. The van der Waals surface area contributed by atoms with Crippen molar-refractivity contribution >= 4 is 22.6 Å². The van der Waals surface area contributed by atoms with Gasteiger partial charge in [-0.2, -0.15) is 0 Å². The molecule has 144 valence electrons. The minimum Gasteiger partial charge on any atom is -0.456 e. The highest BCUT2D eigenvalue weighted by Gasteiger charge is 2.23. The van der Waals surface area contributed by atoms with Gasteiger partial charge >= 0.3 is 0 Å². The third kappa shape index (κ3) is 3.40. The summed E-state index contributed by atoms with van der Waals surface area (Å²) in [4.78, 5) is 0. The zero-order valence-corrected chi connectivity index (χ0v) is 17.1. The third-order valence-electron chi connectivity index (χ3n) is 5.94. The lowest BCUT2D eigenvalue weighted by Gasteiger charge is -2.23. The summed E-state index contributed by atoms with van der Waals surface area (Å²) >= 11 is 0. The van der Waals surface area contributed by atoms with Crippen LogP contribution in [0.2, 0.25) is 0 Å². The topological polar surface area (TPSA) is 12.2 Å². The highest BCUT2D eigenvalue weighted by atomic mass is 16.5. The van der Waals surface area contributed by atoms with Crippen LogP contribution in [0, 0.1) is 0 Å². The van der Waals surface area contributed by atoms with Gasteiger partial charge < -0.3 is 4.74 Å². The molecule has 0 N–H and O–H groups in total. The number of nitrogens with zero attached hydrogens (tertiary/aromatic N) is 1. The maximum atomic E-state index is 6.54. The molecular formula is C27H26NO+. The van der Waals surface area contributed by atoms with Crippen LogP contribution in [0.4, 0.5) is 0 Å². The highest BCUT2D eigenvalue weighted by molar-refractivity contribution is 6.02. The number of allylic oxidation sites excluding steroid dienone is 8. The van der Waals surface area contributed by atoms with Gasteiger partial charge in [0.05, 0.1) is 0 Å². The van der Waals surface area contributed by atoms with E-state index in [0.717, 1.165) is 24.4 Å². The second-order valence-electron chi connectivity index (χ2n) is 8.16. The molecule has 1 aliphatic heterocycles. The molecule has 2 aromatic rings. The van der Waals surface area contributed by atoms with Crippen molar-refractivity contribution in [2.24, 2.45) is 0 Å². The van der Waals surface area contributed by atoms with Crippen molar-refractivity contribution in [3.8, 4) is 5.75 Å². The lowest BCUT2D eigenvalue weighted by atomic mass is 9.95. The molecule has 2 aromatic carbocycles. The second kappa shape index (κ2) is 7.36. The summed E-state index contributed by atoms with van der Waals surface area (Å²) in [6, 6.07) is 12.8. The van der Waals surface area contributed by atoms with Crippen molar-refractivity contribution in [1.29, 1.82) is 0 Å². The Hall–Kier alpha value is -3.13. The monoisotopic (exact) mass is 380 g/mol. The zero-order valence-electron chi connectivity index (χ0n) is 17.1. The number of hydrogen-bond acceptors (Lipinski definition) is 1. The van der Waals surface area contributed by atoms with Crippen molar-refractivity contribution in [3.05, 3.63) is 94.8 Å². The molecule has 5 rings (SSSR count). The van der Waals surface area contributed by atoms with Crippen LogP contribution in [0.1, 0.15) is 31.2 Å². The number of rotatable bonds is 1. The number of ether oxygens (including phenoxy) is 1. The fourth-order valence-electron chi connectivity index (χ4n) is 4.34. The summed E-state index contributed by atoms with van der Waals surface area (Å²) in [7, 11) is 4.14. The van der Waals surface area contributed by atoms with Crippen molar-refractivity contribution in [2.45, 2.75) is 25.7 Å². The first kappa shape index (κ1) is 17.9. The first-order valence-corrected chi connectivity index (χ1v) is 10.4. The number of benzene rings is 2. The van der Waals surface area contributed by atoms with E-state index >= 15 is 0 Å². The van der Waals surface area contributed by atoms with Crippen LogP contribution in [0.3, 0.4) is 0 Å². The van der Waals surface area contributed by atoms with Gasteiger partial charge in [0.2, 0.25) is 0 Å². The van der Waals surface area contributed by atoms with E-state index in [2.05, 4.69) is 91.5 Å². The molecule has 1 heterocycles. The summed E-state index contributed by atoms with van der Waals surface area (Å²) in [6.07, 6.45) is 18.0. The van der Waals surface area contributed by atoms with Crippen molar-refractivity contribution in [1.82, 2.24) is 0 Å². The SMILES string of the molecule is C[N+](C)=C1C=CC(=CC2=C3Oc4ccc5ccccc5c4C=C3CCCC2)C=C1. The van der Waals surface area contributed by atoms with Crippen LogP contribution in [0.15, 0.2) is 89.3 Å². The standard InChI is InChI=1S/C27H26NO/c1-28(2)23-14-11-19(12-15-23)17-21-8-3-4-9-22-18-25-24-10-6-5-7-20(24)13-16-26(25)29-27(21)22/h5-7,10-18H,3-4,8-9H2,1-2H3/q+1. The summed E-state index contributed by atoms with van der Waals surface area (Å²) in [5.74, 6) is 2.04. The number of fused-ring (bicyclic) bond motifs is 4. The van der Waals surface area contributed by atoms with Crippen molar-refractivity contribution in [3.63, 3.8) is 0 Å². The lowest BCUT2D eigenvalue weighted by Crippen LogP contribution is -2.10. The molecule has 0 fully saturated rings. The highest BCUT2D eigenvalue weighted by Crippen LogP contribution is 2.41. The summed E-state index contributed by atoms with van der Waals surface area (Å²) in [5.41, 5.74) is 6.31. The Morgan fingerprint density at radius 1 is 0.897 bits per heavy atom. The Labute approximate surface area is 172 Å². The molecule has 0 saturated carbocycles. The van der Waals surface area contributed by atoms with Crippen LogP contribution in [-0.2, 0) is 0 Å². The maximum Gasteiger partial charge on any atom is 0.199 e. The van der Waals surface area contributed by atoms with Gasteiger partial charge in [-0.1, -0.05) is 30.3 Å². The van der Waals surface area contributed by atoms with E-state index in [9.17, 15) is 0 Å². The summed E-state index contributed by atoms with van der Waals surface area (Å²) in [5, 5.41) is 2.53. The van der Waals surface area contributed by atoms with Crippen LogP contribution < -0.4 is 4.74 Å². The molecule has 0 radical (unpaired) electrons. The van der Waals surface area contributed by atoms with E-state index < -0.39 is 0 Å². The molecular weight excluding hydrogens is 354 g/mol. The Morgan fingerprint density at radius 2 is 1.69 bits per heavy atom. The predicted molar refractivity (Wildman–Crippen MR) is 122 cm³/mol. The van der Waals surface area contributed by atoms with Gasteiger partial charge in [0, 0.05) is 17.7 Å². The molecule has 0 saturated heterocycles. The third-order valence-corrected chi connectivity index (χ3v) is 5.94. The largest absolute Gasteiger partial charge is 0.456 e. The molecule has 2 heteroatoms. The second-order valence-corrected chi connectivity index (χ2v) is 8.16. The molecule has 0 amide bonds. The molecule has 3 aliphatic rings. The molecule has 0 unspecified atom stereocenters. The Morgan fingerprint density at radius 3 is 2.52 bits per heavy atom. The normalized spacial score (nSPS) is 18.1. The smallest absolute Gasteiger partial charge is 0.199 e. The van der Waals surface area contributed by atoms with E-state index in [1.165, 1.54) is 51.6 Å². The van der Waals surface area contributed by atoms with Gasteiger partial charge in [0.1, 0.15) is 25.6 Å². The van der Waals surface area contributed by atoms with Crippen LogP contribution in [0.25, 0.3) is 16.8 Å². The van der Waals surface area contributed by atoms with Crippen molar-refractivity contribution < 1.29 is 9.31 Å². The van der Waals surface area contributed by atoms with Crippen LogP contribution >= 0.6 is 0 Å². The van der Waals surface area contributed by atoms with Gasteiger partial charge in [-0.3, -0.25) is 0 Å². The quantitative estimate of drug-likeness (QED) is 0.536. The van der Waals surface area contributed by atoms with Crippen molar-refractivity contribution in [2.75, 3.05) is 14.1 Å². The predicted octanol–water partition coefficient (Wildman–Crippen LogP) is 6.21. The van der Waals surface area contributed by atoms with Gasteiger partial charge in [0.25, 0.3) is 0 Å². The molecule has 0 spiro atoms. The molecule has 2 nitrogen and oxygen atoms in total. The fourth-order valence-corrected chi connectivity index (χ4v) is 4.34. The van der Waals surface area contributed by atoms with Crippen LogP contribution in [-0.4, -0.2) is 24.4 Å². The van der Waals surface area contributed by atoms with Gasteiger partial charge in [-0.25, -0.2) is 4.58 Å². The fraction of sp³-hybridized carbons (Fsp3) is 0.222. The van der Waals surface area contributed by atoms with E-state index in [4.69, 9.17) is 4.74 Å². The first-order valence-electron chi connectivity index (χ1n) is 10.4. The van der Waals surface area contributed by atoms with E-state index in [1.54, 1.807) is 0 Å². The average Bonchev–Trinajstić information content (AvgIpc) is 2.94. The molecule has 2 aliphatic carbocycles. The van der Waals surface area contributed by atoms with Gasteiger partial charge in [-0.05, 0) is 83.5 Å². The summed E-state index contributed by atoms with van der Waals surface area (Å²) < 4.78 is 8.67. The molecule has 0 atom stereocenters. The molecule has 0 aromatic heterocycles. The number of hydrogen-bond donors (Lipinski definition) is 0. The van der Waals surface area contributed by atoms with E-state index in [-0.39, 0.29) is 0 Å².